The second kappa shape index (κ2) is 4.72. The number of carbonyl (C=O) groups excluding carboxylic acids is 1. The SMILES string of the molecule is O=C(O)CCCNC(=O)N1CCC1C1CC1. The van der Waals surface area contributed by atoms with Gasteiger partial charge in [-0.1, -0.05) is 0 Å². The zero-order chi connectivity index (χ0) is 11.5. The van der Waals surface area contributed by atoms with E-state index in [9.17, 15) is 9.59 Å². The highest BCUT2D eigenvalue weighted by Gasteiger charge is 2.42. The Morgan fingerprint density at radius 1 is 1.31 bits per heavy atom. The van der Waals surface area contributed by atoms with E-state index in [0.29, 0.717) is 19.0 Å². The number of hydrogen-bond donors (Lipinski definition) is 2. The Hall–Kier alpha value is -1.26. The molecule has 5 nitrogen and oxygen atoms in total. The van der Waals surface area contributed by atoms with Crippen LogP contribution in [0.5, 0.6) is 0 Å². The van der Waals surface area contributed by atoms with Gasteiger partial charge in [-0.15, -0.1) is 0 Å². The topological polar surface area (TPSA) is 69.6 Å². The molecule has 1 saturated heterocycles. The quantitative estimate of drug-likeness (QED) is 0.688. The number of hydrogen-bond acceptors (Lipinski definition) is 2. The van der Waals surface area contributed by atoms with Crippen molar-refractivity contribution in [3.63, 3.8) is 0 Å². The Labute approximate surface area is 94.8 Å². The third-order valence-electron chi connectivity index (χ3n) is 3.34. The first-order chi connectivity index (χ1) is 7.68. The summed E-state index contributed by atoms with van der Waals surface area (Å²) >= 11 is 0. The smallest absolute Gasteiger partial charge is 0.317 e. The van der Waals surface area contributed by atoms with Crippen LogP contribution in [-0.4, -0.2) is 41.1 Å². The minimum absolute atomic E-state index is 0.0199. The normalized spacial score (nSPS) is 23.8. The fraction of sp³-hybridized carbons (Fsp3) is 0.818. The maximum atomic E-state index is 11.7. The Morgan fingerprint density at radius 3 is 2.56 bits per heavy atom. The van der Waals surface area contributed by atoms with E-state index in [4.69, 9.17) is 5.11 Å². The fourth-order valence-corrected chi connectivity index (χ4v) is 2.17. The number of nitrogens with zero attached hydrogens (tertiary/aromatic N) is 1. The van der Waals surface area contributed by atoms with Crippen molar-refractivity contribution in [2.45, 2.75) is 38.1 Å². The van der Waals surface area contributed by atoms with Crippen LogP contribution in [0.25, 0.3) is 0 Å². The molecule has 90 valence electrons. The lowest BCUT2D eigenvalue weighted by molar-refractivity contribution is -0.137. The number of carbonyl (C=O) groups is 2. The van der Waals surface area contributed by atoms with Crippen LogP contribution in [0.1, 0.15) is 32.1 Å². The average molecular weight is 226 g/mol. The molecule has 1 unspecified atom stereocenters. The van der Waals surface area contributed by atoms with Crippen molar-refractivity contribution in [3.05, 3.63) is 0 Å². The van der Waals surface area contributed by atoms with E-state index in [2.05, 4.69) is 5.32 Å². The van der Waals surface area contributed by atoms with Crippen molar-refractivity contribution in [2.24, 2.45) is 5.92 Å². The summed E-state index contributed by atoms with van der Waals surface area (Å²) < 4.78 is 0. The summed E-state index contributed by atoms with van der Waals surface area (Å²) in [6, 6.07) is 0.438. The van der Waals surface area contributed by atoms with E-state index in [1.54, 1.807) is 0 Å². The number of carboxylic acid groups (broad SMARTS) is 1. The van der Waals surface area contributed by atoms with Gasteiger partial charge >= 0.3 is 12.0 Å². The van der Waals surface area contributed by atoms with Crippen LogP contribution in [0.3, 0.4) is 0 Å². The summed E-state index contributed by atoms with van der Waals surface area (Å²) in [4.78, 5) is 23.8. The van der Waals surface area contributed by atoms with Crippen LogP contribution in [0.4, 0.5) is 4.79 Å². The second-order valence-corrected chi connectivity index (χ2v) is 4.62. The Balaban J connectivity index is 1.62. The lowest BCUT2D eigenvalue weighted by Crippen LogP contribution is -2.55. The standard InChI is InChI=1S/C11H18N2O3/c14-10(15)2-1-6-12-11(16)13-7-5-9(13)8-3-4-8/h8-9H,1-7H2,(H,12,16)(H,14,15). The molecular weight excluding hydrogens is 208 g/mol. The van der Waals surface area contributed by atoms with Crippen LogP contribution in [-0.2, 0) is 4.79 Å². The van der Waals surface area contributed by atoms with Gasteiger partial charge in [0.2, 0.25) is 0 Å². The minimum Gasteiger partial charge on any atom is -0.481 e. The van der Waals surface area contributed by atoms with Crippen molar-refractivity contribution in [1.82, 2.24) is 10.2 Å². The van der Waals surface area contributed by atoms with Crippen LogP contribution >= 0.6 is 0 Å². The van der Waals surface area contributed by atoms with E-state index in [1.807, 2.05) is 4.90 Å². The number of rotatable bonds is 5. The maximum Gasteiger partial charge on any atom is 0.317 e. The van der Waals surface area contributed by atoms with Crippen LogP contribution in [0, 0.1) is 5.92 Å². The van der Waals surface area contributed by atoms with Crippen molar-refractivity contribution >= 4 is 12.0 Å². The number of nitrogens with one attached hydrogen (secondary N) is 1. The number of aliphatic carboxylic acids is 1. The molecule has 1 heterocycles. The van der Waals surface area contributed by atoms with Crippen LogP contribution < -0.4 is 5.32 Å². The Morgan fingerprint density at radius 2 is 2.06 bits per heavy atom. The second-order valence-electron chi connectivity index (χ2n) is 4.62. The van der Waals surface area contributed by atoms with Gasteiger partial charge in [0.25, 0.3) is 0 Å². The lowest BCUT2D eigenvalue weighted by atomic mass is 9.99. The van der Waals surface area contributed by atoms with Crippen molar-refractivity contribution < 1.29 is 14.7 Å². The predicted molar refractivity (Wildman–Crippen MR) is 58.1 cm³/mol. The van der Waals surface area contributed by atoms with Gasteiger partial charge in [0.15, 0.2) is 0 Å². The third kappa shape index (κ3) is 2.65. The highest BCUT2D eigenvalue weighted by molar-refractivity contribution is 5.75. The third-order valence-corrected chi connectivity index (χ3v) is 3.34. The largest absolute Gasteiger partial charge is 0.481 e. The molecule has 0 radical (unpaired) electrons. The molecule has 2 aliphatic rings. The molecule has 1 atom stereocenters. The summed E-state index contributed by atoms with van der Waals surface area (Å²) in [6.07, 6.45) is 4.27. The lowest BCUT2D eigenvalue weighted by Gasteiger charge is -2.41. The Bertz CT molecular complexity index is 289. The average Bonchev–Trinajstić information content (AvgIpc) is 2.94. The van der Waals surface area contributed by atoms with Gasteiger partial charge in [-0.05, 0) is 31.6 Å². The van der Waals surface area contributed by atoms with E-state index in [1.165, 1.54) is 12.8 Å². The summed E-state index contributed by atoms with van der Waals surface area (Å²) in [6.45, 7) is 1.31. The van der Waals surface area contributed by atoms with Crippen molar-refractivity contribution in [2.75, 3.05) is 13.1 Å². The molecule has 2 fully saturated rings. The number of carboxylic acids is 1. The highest BCUT2D eigenvalue weighted by Crippen LogP contribution is 2.40. The van der Waals surface area contributed by atoms with Gasteiger partial charge in [-0.25, -0.2) is 4.79 Å². The summed E-state index contributed by atoms with van der Waals surface area (Å²) in [5.41, 5.74) is 0. The fourth-order valence-electron chi connectivity index (χ4n) is 2.17. The zero-order valence-corrected chi connectivity index (χ0v) is 9.32. The van der Waals surface area contributed by atoms with Crippen molar-refractivity contribution in [1.29, 1.82) is 0 Å². The number of likely N-dealkylation sites (tertiary alicyclic amines) is 1. The molecule has 2 N–H and O–H groups in total. The molecule has 0 aromatic heterocycles. The molecule has 5 heteroatoms. The first-order valence-electron chi connectivity index (χ1n) is 5.95. The van der Waals surface area contributed by atoms with Gasteiger partial charge in [-0.3, -0.25) is 4.79 Å². The first-order valence-corrected chi connectivity index (χ1v) is 5.95. The van der Waals surface area contributed by atoms with E-state index < -0.39 is 5.97 Å². The molecule has 2 rings (SSSR count). The summed E-state index contributed by atoms with van der Waals surface area (Å²) in [5, 5.41) is 11.2. The molecule has 0 spiro atoms. The minimum atomic E-state index is -0.811. The predicted octanol–water partition coefficient (Wildman–Crippen LogP) is 1.05. The molecule has 0 aromatic rings. The van der Waals surface area contributed by atoms with Gasteiger partial charge in [0, 0.05) is 25.6 Å². The van der Waals surface area contributed by atoms with E-state index >= 15 is 0 Å². The molecule has 1 aliphatic heterocycles. The monoisotopic (exact) mass is 226 g/mol. The Kier molecular flexibility index (Phi) is 3.31. The molecule has 1 aliphatic carbocycles. The van der Waals surface area contributed by atoms with Crippen molar-refractivity contribution in [3.8, 4) is 0 Å². The number of urea groups is 1. The molecular formula is C11H18N2O3. The molecule has 16 heavy (non-hydrogen) atoms. The number of amides is 2. The van der Waals surface area contributed by atoms with Gasteiger partial charge in [0.05, 0.1) is 0 Å². The molecule has 1 saturated carbocycles. The molecule has 0 aromatic carbocycles. The van der Waals surface area contributed by atoms with Crippen LogP contribution in [0.15, 0.2) is 0 Å². The molecule has 2 amide bonds. The maximum absolute atomic E-state index is 11.7. The molecule has 0 bridgehead atoms. The van der Waals surface area contributed by atoms with Gasteiger partial charge < -0.3 is 15.3 Å². The zero-order valence-electron chi connectivity index (χ0n) is 9.32. The summed E-state index contributed by atoms with van der Waals surface area (Å²) in [7, 11) is 0. The first kappa shape index (κ1) is 11.2. The summed E-state index contributed by atoms with van der Waals surface area (Å²) in [5.74, 6) is -0.0763. The van der Waals surface area contributed by atoms with E-state index in [0.717, 1.165) is 18.9 Å². The van der Waals surface area contributed by atoms with Gasteiger partial charge in [0.1, 0.15) is 0 Å². The van der Waals surface area contributed by atoms with E-state index in [-0.39, 0.29) is 12.5 Å². The highest BCUT2D eigenvalue weighted by atomic mass is 16.4. The van der Waals surface area contributed by atoms with Gasteiger partial charge in [-0.2, -0.15) is 0 Å². The van der Waals surface area contributed by atoms with Crippen LogP contribution in [0.2, 0.25) is 0 Å².